The van der Waals surface area contributed by atoms with E-state index in [9.17, 15) is 14.4 Å². The van der Waals surface area contributed by atoms with E-state index in [1.807, 2.05) is 62.3 Å². The zero-order chi connectivity index (χ0) is 48.9. The summed E-state index contributed by atoms with van der Waals surface area (Å²) in [6.45, 7) is 23.4. The highest BCUT2D eigenvalue weighted by molar-refractivity contribution is 6.61. The van der Waals surface area contributed by atoms with Crippen LogP contribution in [0.5, 0.6) is 0 Å². The van der Waals surface area contributed by atoms with Crippen LogP contribution in [0.25, 0.3) is 0 Å². The molecule has 0 aliphatic rings. The van der Waals surface area contributed by atoms with E-state index >= 15 is 0 Å². The molecule has 0 rings (SSSR count). The van der Waals surface area contributed by atoms with E-state index in [1.54, 1.807) is 31.1 Å². The van der Waals surface area contributed by atoms with Crippen molar-refractivity contribution in [2.75, 3.05) is 133 Å². The third-order valence-electron chi connectivity index (χ3n) is 9.82. The van der Waals surface area contributed by atoms with Crippen LogP contribution in [0.2, 0.25) is 24.2 Å². The molecule has 0 aromatic heterocycles. The van der Waals surface area contributed by atoms with Gasteiger partial charge in [-0.3, -0.25) is 0 Å². The van der Waals surface area contributed by atoms with Gasteiger partial charge in [-0.05, 0) is 88.0 Å². The van der Waals surface area contributed by atoms with Crippen molar-refractivity contribution in [1.82, 2.24) is 31.1 Å². The number of carbonyl (C=O) groups is 3. The molecule has 386 valence electrons. The molecule has 65 heavy (non-hydrogen) atoms. The van der Waals surface area contributed by atoms with Crippen molar-refractivity contribution in [2.24, 2.45) is 0 Å². The highest BCUT2D eigenvalue weighted by Crippen LogP contribution is 2.21. The number of hydrogen-bond acceptors (Lipinski definition) is 15. The van der Waals surface area contributed by atoms with Crippen molar-refractivity contribution in [3.8, 4) is 0 Å². The van der Waals surface area contributed by atoms with Gasteiger partial charge in [0.25, 0.3) is 0 Å². The summed E-state index contributed by atoms with van der Waals surface area (Å²) in [5.41, 5.74) is 0. The Morgan fingerprint density at radius 2 is 0.631 bits per heavy atom. The smallest absolute Gasteiger partial charge is 0.377 e. The quantitative estimate of drug-likeness (QED) is 0.0473. The van der Waals surface area contributed by atoms with E-state index < -0.39 is 35.2 Å². The summed E-state index contributed by atoms with van der Waals surface area (Å²) in [6, 6.07) is 1.08. The zero-order valence-corrected chi connectivity index (χ0v) is 46.2. The normalized spacial score (nSPS) is 12.3. The SMILES string of the molecule is CCO[Si](CCCNC(=O)NCCN(CCN(CCC[Si](OC)(OC)OC)C(=O)NCCC[Si](OCC)(OCC)OCC)C(=O)NCCC[Si](OCC)(OCC)OCC)(OCC)OCC. The van der Waals surface area contributed by atoms with Crippen molar-refractivity contribution in [3.63, 3.8) is 0 Å². The summed E-state index contributed by atoms with van der Waals surface area (Å²) in [5, 5.41) is 11.8. The van der Waals surface area contributed by atoms with Crippen LogP contribution in [-0.2, 0) is 53.1 Å². The third kappa shape index (κ3) is 25.9. The first-order chi connectivity index (χ1) is 31.3. The fraction of sp³-hybridized carbons (Fsp3) is 0.925. The Hall–Kier alpha value is -1.80. The predicted molar refractivity (Wildman–Crippen MR) is 258 cm³/mol. The lowest BCUT2D eigenvalue weighted by Crippen LogP contribution is -2.51. The zero-order valence-electron chi connectivity index (χ0n) is 42.2. The first-order valence-electron chi connectivity index (χ1n) is 23.8. The molecule has 0 aliphatic carbocycles. The van der Waals surface area contributed by atoms with Crippen molar-refractivity contribution in [2.45, 2.75) is 112 Å². The summed E-state index contributed by atoms with van der Waals surface area (Å²) in [4.78, 5) is 43.9. The van der Waals surface area contributed by atoms with Crippen LogP contribution in [0.1, 0.15) is 88.0 Å². The molecule has 0 bridgehead atoms. The van der Waals surface area contributed by atoms with Crippen molar-refractivity contribution < 1.29 is 67.5 Å². The summed E-state index contributed by atoms with van der Waals surface area (Å²) < 4.78 is 70.7. The summed E-state index contributed by atoms with van der Waals surface area (Å²) >= 11 is 0. The Bertz CT molecular complexity index is 1170. The number of rotatable bonds is 43. The topological polar surface area (TPSA) is 217 Å². The van der Waals surface area contributed by atoms with Gasteiger partial charge < -0.3 is 84.2 Å². The Morgan fingerprint density at radius 1 is 0.354 bits per heavy atom. The monoisotopic (exact) mass is 1010 g/mol. The molecule has 4 N–H and O–H groups in total. The Kier molecular flexibility index (Phi) is 37.0. The van der Waals surface area contributed by atoms with Gasteiger partial charge in [0.05, 0.1) is 0 Å². The Morgan fingerprint density at radius 3 is 0.938 bits per heavy atom. The lowest BCUT2D eigenvalue weighted by Gasteiger charge is -2.30. The van der Waals surface area contributed by atoms with Gasteiger partial charge in [0.15, 0.2) is 0 Å². The highest BCUT2D eigenvalue weighted by atomic mass is 28.4. The lowest BCUT2D eigenvalue weighted by atomic mass is 10.3. The maximum Gasteiger partial charge on any atom is 0.500 e. The molecule has 25 heteroatoms. The Balaban J connectivity index is 6.09. The second-order valence-corrected chi connectivity index (χ2v) is 25.6. The molecule has 0 aromatic rings. The van der Waals surface area contributed by atoms with Crippen molar-refractivity contribution in [3.05, 3.63) is 0 Å². The summed E-state index contributed by atoms with van der Waals surface area (Å²) in [6.07, 6.45) is 2.26. The molecule has 0 spiro atoms. The second kappa shape index (κ2) is 38.1. The van der Waals surface area contributed by atoms with Crippen LogP contribution in [0.4, 0.5) is 14.4 Å². The van der Waals surface area contributed by atoms with Crippen molar-refractivity contribution >= 4 is 53.3 Å². The Labute approximate surface area is 396 Å². The molecule has 0 atom stereocenters. The molecule has 6 amide bonds. The number of nitrogens with one attached hydrogen (secondary N) is 4. The van der Waals surface area contributed by atoms with E-state index in [2.05, 4.69) is 21.3 Å². The van der Waals surface area contributed by atoms with Gasteiger partial charge in [-0.1, -0.05) is 0 Å². The molecular weight excluding hydrogens is 917 g/mol. The van der Waals surface area contributed by atoms with Crippen LogP contribution in [0.15, 0.2) is 0 Å². The largest absolute Gasteiger partial charge is 0.500 e. The van der Waals surface area contributed by atoms with E-state index in [-0.39, 0.29) is 44.3 Å². The van der Waals surface area contributed by atoms with Gasteiger partial charge in [0.2, 0.25) is 0 Å². The minimum Gasteiger partial charge on any atom is -0.377 e. The predicted octanol–water partition coefficient (Wildman–Crippen LogP) is 4.89. The molecular formula is C40H90N6O15Si4. The average molecular weight is 1010 g/mol. The van der Waals surface area contributed by atoms with Crippen LogP contribution in [0.3, 0.4) is 0 Å². The fourth-order valence-corrected chi connectivity index (χ4v) is 16.6. The number of nitrogens with zero attached hydrogens (tertiary/aromatic N) is 2. The number of amides is 6. The molecule has 0 unspecified atom stereocenters. The molecule has 0 radical (unpaired) electrons. The van der Waals surface area contributed by atoms with Gasteiger partial charge in [-0.25, -0.2) is 14.4 Å². The first kappa shape index (κ1) is 63.2. The van der Waals surface area contributed by atoms with Crippen LogP contribution >= 0.6 is 0 Å². The summed E-state index contributed by atoms with van der Waals surface area (Å²) in [7, 11) is -6.92. The van der Waals surface area contributed by atoms with Crippen molar-refractivity contribution in [1.29, 1.82) is 0 Å². The van der Waals surface area contributed by atoms with E-state index in [0.29, 0.717) is 136 Å². The molecule has 0 aliphatic heterocycles. The standard InChI is InChI=1S/C40H90N6O15Si4/c1-13-53-63(54-14-2,55-15-3)34-22-26-41-38(47)42-29-31-46(40(49)44-28-24-36-65(59-19-7,60-20-8)61-21-9)33-32-45(30-25-37-62(50-10,51-11)52-12)39(48)43-27-23-35-64(56-16-4,57-17-5)58-18-6/h13-37H2,1-12H3,(H,43,48)(H,44,49)(H2,41,42,47). The minimum absolute atomic E-state index is 0.158. The number of hydrogen-bond donors (Lipinski definition) is 4. The number of urea groups is 3. The van der Waals surface area contributed by atoms with E-state index in [0.717, 1.165) is 0 Å². The lowest BCUT2D eigenvalue weighted by molar-refractivity contribution is 0.0700. The summed E-state index contributed by atoms with van der Waals surface area (Å²) in [5.74, 6) is 0. The third-order valence-corrected chi connectivity index (χ3v) is 22.1. The molecule has 0 heterocycles. The number of carbonyl (C=O) groups excluding carboxylic acids is 3. The second-order valence-electron chi connectivity index (χ2n) is 14.3. The van der Waals surface area contributed by atoms with Gasteiger partial charge in [-0.2, -0.15) is 0 Å². The van der Waals surface area contributed by atoms with E-state index in [4.69, 9.17) is 53.1 Å². The maximum atomic E-state index is 13.9. The maximum absolute atomic E-state index is 13.9. The van der Waals surface area contributed by atoms with Crippen LogP contribution < -0.4 is 21.3 Å². The highest BCUT2D eigenvalue weighted by Gasteiger charge is 2.42. The van der Waals surface area contributed by atoms with E-state index in [1.165, 1.54) is 0 Å². The molecule has 0 fully saturated rings. The average Bonchev–Trinajstić information content (AvgIpc) is 3.28. The van der Waals surface area contributed by atoms with Gasteiger partial charge in [0, 0.05) is 157 Å². The molecule has 0 saturated carbocycles. The van der Waals surface area contributed by atoms with Crippen LogP contribution in [-0.4, -0.2) is 196 Å². The first-order valence-corrected chi connectivity index (χ1v) is 31.5. The molecule has 0 saturated heterocycles. The van der Waals surface area contributed by atoms with Gasteiger partial charge >= 0.3 is 53.3 Å². The minimum atomic E-state index is -2.92. The molecule has 0 aromatic carbocycles. The fourth-order valence-electron chi connectivity index (χ4n) is 7.02. The van der Waals surface area contributed by atoms with Gasteiger partial charge in [-0.15, -0.1) is 0 Å². The van der Waals surface area contributed by atoms with Gasteiger partial charge in [0.1, 0.15) is 0 Å². The molecule has 21 nitrogen and oxygen atoms in total. The van der Waals surface area contributed by atoms with Crippen LogP contribution in [0, 0.1) is 0 Å².